The number of aromatic nitrogens is 2. The van der Waals surface area contributed by atoms with Crippen molar-refractivity contribution < 1.29 is 22.8 Å². The van der Waals surface area contributed by atoms with E-state index in [4.69, 9.17) is 0 Å². The molecule has 2 N–H and O–H groups in total. The molecule has 0 atom stereocenters. The number of carbonyl (C=O) groups is 2. The number of anilines is 1. The molecule has 0 radical (unpaired) electrons. The maximum Gasteiger partial charge on any atom is 0.405 e. The van der Waals surface area contributed by atoms with Gasteiger partial charge in [-0.15, -0.1) is 0 Å². The molecule has 2 amide bonds. The number of halogens is 3. The molecule has 2 aromatic carbocycles. The van der Waals surface area contributed by atoms with Crippen molar-refractivity contribution in [3.8, 4) is 0 Å². The third-order valence-corrected chi connectivity index (χ3v) is 4.14. The molecule has 3 aromatic rings. The number of hydrogen-bond acceptors (Lipinski definition) is 5. The molecule has 0 spiro atoms. The third kappa shape index (κ3) is 5.23. The molecular formula is C17H13F3N4O2S. The van der Waals surface area contributed by atoms with Crippen molar-refractivity contribution in [1.82, 2.24) is 14.1 Å². The lowest BCUT2D eigenvalue weighted by Crippen LogP contribution is -2.34. The average molecular weight is 394 g/mol. The summed E-state index contributed by atoms with van der Waals surface area (Å²) in [5, 5.41) is 4.52. The number of fused-ring (bicyclic) bond motifs is 1. The number of nitrogens with zero attached hydrogens (tertiary/aromatic N) is 2. The van der Waals surface area contributed by atoms with Gasteiger partial charge in [0, 0.05) is 11.3 Å². The highest BCUT2D eigenvalue weighted by Crippen LogP contribution is 2.16. The van der Waals surface area contributed by atoms with Gasteiger partial charge in [0.2, 0.25) is 5.91 Å². The lowest BCUT2D eigenvalue weighted by atomic mass is 10.1. The molecule has 10 heteroatoms. The van der Waals surface area contributed by atoms with Gasteiger partial charge in [0.05, 0.1) is 18.1 Å². The molecule has 140 valence electrons. The highest BCUT2D eigenvalue weighted by molar-refractivity contribution is 7.00. The highest BCUT2D eigenvalue weighted by Gasteiger charge is 2.27. The summed E-state index contributed by atoms with van der Waals surface area (Å²) in [6.45, 7) is -1.36. The minimum atomic E-state index is -4.44. The van der Waals surface area contributed by atoms with Crippen LogP contribution in [0, 0.1) is 0 Å². The van der Waals surface area contributed by atoms with Crippen molar-refractivity contribution in [3.05, 3.63) is 53.6 Å². The summed E-state index contributed by atoms with van der Waals surface area (Å²) in [7, 11) is 0. The van der Waals surface area contributed by atoms with Crippen LogP contribution < -0.4 is 10.6 Å². The second-order valence-electron chi connectivity index (χ2n) is 5.69. The zero-order chi connectivity index (χ0) is 19.4. The molecule has 0 unspecified atom stereocenters. The number of carbonyl (C=O) groups excluding carboxylic acids is 2. The predicted molar refractivity (Wildman–Crippen MR) is 94.6 cm³/mol. The Labute approximate surface area is 155 Å². The van der Waals surface area contributed by atoms with E-state index in [2.05, 4.69) is 14.1 Å². The van der Waals surface area contributed by atoms with Gasteiger partial charge in [-0.2, -0.15) is 21.9 Å². The van der Waals surface area contributed by atoms with Gasteiger partial charge in [-0.25, -0.2) is 0 Å². The van der Waals surface area contributed by atoms with E-state index < -0.39 is 18.6 Å². The number of rotatable bonds is 5. The molecule has 27 heavy (non-hydrogen) atoms. The average Bonchev–Trinajstić information content (AvgIpc) is 3.09. The van der Waals surface area contributed by atoms with Crippen molar-refractivity contribution >= 4 is 40.3 Å². The molecule has 0 fully saturated rings. The van der Waals surface area contributed by atoms with Crippen molar-refractivity contribution in [2.75, 3.05) is 11.9 Å². The Morgan fingerprint density at radius 3 is 2.41 bits per heavy atom. The van der Waals surface area contributed by atoms with E-state index in [0.717, 1.165) is 11.7 Å². The number of alkyl halides is 3. The van der Waals surface area contributed by atoms with Crippen molar-refractivity contribution in [2.24, 2.45) is 0 Å². The summed E-state index contributed by atoms with van der Waals surface area (Å²) >= 11 is 1.06. The van der Waals surface area contributed by atoms with Crippen LogP contribution in [0.15, 0.2) is 42.5 Å². The van der Waals surface area contributed by atoms with E-state index in [-0.39, 0.29) is 12.3 Å². The normalized spacial score (nSPS) is 11.4. The fourth-order valence-corrected chi connectivity index (χ4v) is 2.80. The molecule has 0 saturated heterocycles. The van der Waals surface area contributed by atoms with E-state index in [1.807, 2.05) is 5.32 Å². The molecule has 0 saturated carbocycles. The summed E-state index contributed by atoms with van der Waals surface area (Å²) < 4.78 is 44.4. The summed E-state index contributed by atoms with van der Waals surface area (Å²) in [4.78, 5) is 23.8. The number of benzene rings is 2. The van der Waals surface area contributed by atoms with Crippen molar-refractivity contribution in [1.29, 1.82) is 0 Å². The van der Waals surface area contributed by atoms with Gasteiger partial charge in [-0.05, 0) is 35.9 Å². The molecule has 0 aliphatic carbocycles. The van der Waals surface area contributed by atoms with Crippen molar-refractivity contribution in [2.45, 2.75) is 12.6 Å². The van der Waals surface area contributed by atoms with Gasteiger partial charge < -0.3 is 10.6 Å². The van der Waals surface area contributed by atoms with E-state index >= 15 is 0 Å². The summed E-state index contributed by atoms with van der Waals surface area (Å²) in [6, 6.07) is 11.3. The first-order chi connectivity index (χ1) is 12.8. The second-order valence-corrected chi connectivity index (χ2v) is 6.22. The second kappa shape index (κ2) is 7.70. The molecule has 6 nitrogen and oxygen atoms in total. The van der Waals surface area contributed by atoms with Gasteiger partial charge in [-0.1, -0.05) is 12.1 Å². The Morgan fingerprint density at radius 2 is 1.70 bits per heavy atom. The Hall–Kier alpha value is -3.01. The van der Waals surface area contributed by atoms with Crippen LogP contribution in [0.2, 0.25) is 0 Å². The monoisotopic (exact) mass is 394 g/mol. The van der Waals surface area contributed by atoms with Crippen LogP contribution in [-0.4, -0.2) is 33.3 Å². The van der Waals surface area contributed by atoms with Gasteiger partial charge in [0.1, 0.15) is 17.6 Å². The van der Waals surface area contributed by atoms with Crippen LogP contribution in [0.3, 0.4) is 0 Å². The smallest absolute Gasteiger partial charge is 0.347 e. The zero-order valence-electron chi connectivity index (χ0n) is 13.7. The summed E-state index contributed by atoms with van der Waals surface area (Å²) in [6.07, 6.45) is -4.63. The minimum Gasteiger partial charge on any atom is -0.347 e. The minimum absolute atomic E-state index is 0.183. The predicted octanol–water partition coefficient (Wildman–Crippen LogP) is 3.16. The molecule has 0 aliphatic rings. The van der Waals surface area contributed by atoms with Crippen LogP contribution in [0.25, 0.3) is 11.0 Å². The number of nitrogens with one attached hydrogen (secondary N) is 2. The largest absolute Gasteiger partial charge is 0.405 e. The summed E-state index contributed by atoms with van der Waals surface area (Å²) in [5.74, 6) is -1.06. The van der Waals surface area contributed by atoms with Gasteiger partial charge in [0.15, 0.2) is 0 Å². The number of hydrogen-bond donors (Lipinski definition) is 2. The van der Waals surface area contributed by atoms with Crippen LogP contribution in [0.4, 0.5) is 18.9 Å². The zero-order valence-corrected chi connectivity index (χ0v) is 14.5. The summed E-state index contributed by atoms with van der Waals surface area (Å²) in [5.41, 5.74) is 2.79. The van der Waals surface area contributed by atoms with E-state index in [1.54, 1.807) is 42.5 Å². The molecule has 1 heterocycles. The van der Waals surface area contributed by atoms with Crippen molar-refractivity contribution in [3.63, 3.8) is 0 Å². The fraction of sp³-hybridized carbons (Fsp3) is 0.176. The quantitative estimate of drug-likeness (QED) is 0.696. The lowest BCUT2D eigenvalue weighted by Gasteiger charge is -2.09. The molecule has 1 aromatic heterocycles. The fourth-order valence-electron chi connectivity index (χ4n) is 2.28. The topological polar surface area (TPSA) is 84.0 Å². The Kier molecular flexibility index (Phi) is 5.36. The molecular weight excluding hydrogens is 381 g/mol. The highest BCUT2D eigenvalue weighted by atomic mass is 32.1. The molecule has 0 bridgehead atoms. The Morgan fingerprint density at radius 1 is 1.00 bits per heavy atom. The first-order valence-electron chi connectivity index (χ1n) is 7.76. The molecule has 3 rings (SSSR count). The van der Waals surface area contributed by atoms with Crippen LogP contribution >= 0.6 is 11.7 Å². The maximum absolute atomic E-state index is 12.3. The van der Waals surface area contributed by atoms with E-state index in [0.29, 0.717) is 27.8 Å². The Balaban J connectivity index is 1.58. The van der Waals surface area contributed by atoms with Crippen LogP contribution in [-0.2, 0) is 11.2 Å². The van der Waals surface area contributed by atoms with Crippen LogP contribution in [0.1, 0.15) is 15.9 Å². The van der Waals surface area contributed by atoms with E-state index in [1.165, 1.54) is 0 Å². The lowest BCUT2D eigenvalue weighted by molar-refractivity contribution is -0.138. The van der Waals surface area contributed by atoms with Gasteiger partial charge in [0.25, 0.3) is 5.91 Å². The van der Waals surface area contributed by atoms with Gasteiger partial charge in [-0.3, -0.25) is 9.59 Å². The first kappa shape index (κ1) is 18.8. The maximum atomic E-state index is 12.3. The number of amides is 2. The first-order valence-corrected chi connectivity index (χ1v) is 8.49. The molecule has 0 aliphatic heterocycles. The third-order valence-electron chi connectivity index (χ3n) is 3.58. The van der Waals surface area contributed by atoms with Crippen LogP contribution in [0.5, 0.6) is 0 Å². The SMILES string of the molecule is O=C(Cc1ccc(NC(=O)c2ccc3nsnc3c2)cc1)NCC(F)(F)F. The van der Waals surface area contributed by atoms with E-state index in [9.17, 15) is 22.8 Å². The standard InChI is InChI=1S/C17H13F3N4O2S/c18-17(19,20)9-21-15(25)7-10-1-4-12(5-2-10)22-16(26)11-3-6-13-14(8-11)24-27-23-13/h1-6,8H,7,9H2,(H,21,25)(H,22,26). The van der Waals surface area contributed by atoms with Gasteiger partial charge >= 0.3 is 6.18 Å². The Bertz CT molecular complexity index is 970.